The lowest BCUT2D eigenvalue weighted by molar-refractivity contribution is 0.0900. The molecule has 3 rings (SSSR count). The first-order valence-electron chi connectivity index (χ1n) is 10.1. The minimum atomic E-state index is -3.86. The van der Waals surface area contributed by atoms with E-state index in [2.05, 4.69) is 19.9 Å². The lowest BCUT2D eigenvalue weighted by Gasteiger charge is -2.33. The van der Waals surface area contributed by atoms with Gasteiger partial charge in [-0.3, -0.25) is 4.79 Å². The van der Waals surface area contributed by atoms with E-state index in [1.54, 1.807) is 6.07 Å². The molecule has 0 aromatic heterocycles. The molecular formula is C23H27N3O3S. The van der Waals surface area contributed by atoms with Crippen LogP contribution in [0.4, 0.5) is 5.69 Å². The lowest BCUT2D eigenvalue weighted by Crippen LogP contribution is -2.36. The van der Waals surface area contributed by atoms with Crippen molar-refractivity contribution >= 4 is 21.5 Å². The van der Waals surface area contributed by atoms with E-state index in [-0.39, 0.29) is 22.2 Å². The molecule has 1 heterocycles. The molecule has 30 heavy (non-hydrogen) atoms. The highest BCUT2D eigenvalue weighted by atomic mass is 32.2. The van der Waals surface area contributed by atoms with E-state index in [4.69, 9.17) is 5.14 Å². The quantitative estimate of drug-likeness (QED) is 0.713. The first kappa shape index (κ1) is 22.0. The number of Topliss-reactive ketones (excluding diaryl/α,β-unsaturated/α-hetero) is 1. The van der Waals surface area contributed by atoms with Crippen LogP contribution >= 0.6 is 0 Å². The number of rotatable bonds is 6. The minimum absolute atomic E-state index is 0.0496. The third kappa shape index (κ3) is 5.07. The van der Waals surface area contributed by atoms with Gasteiger partial charge in [-0.2, -0.15) is 5.26 Å². The Kier molecular flexibility index (Phi) is 6.59. The summed E-state index contributed by atoms with van der Waals surface area (Å²) in [4.78, 5) is 14.9. The third-order valence-corrected chi connectivity index (χ3v) is 6.42. The fraction of sp³-hybridized carbons (Fsp3) is 0.391. The molecule has 0 spiro atoms. The molecule has 0 saturated carbocycles. The molecule has 0 radical (unpaired) electrons. The van der Waals surface area contributed by atoms with Crippen molar-refractivity contribution in [1.29, 1.82) is 5.26 Å². The Morgan fingerprint density at radius 3 is 2.33 bits per heavy atom. The molecule has 2 aromatic rings. The molecule has 0 amide bonds. The maximum atomic E-state index is 12.9. The van der Waals surface area contributed by atoms with E-state index in [9.17, 15) is 18.5 Å². The van der Waals surface area contributed by atoms with Crippen molar-refractivity contribution in [3.63, 3.8) is 0 Å². The molecule has 1 fully saturated rings. The molecule has 0 aliphatic carbocycles. The molecule has 0 atom stereocenters. The summed E-state index contributed by atoms with van der Waals surface area (Å²) in [5, 5.41) is 14.6. The van der Waals surface area contributed by atoms with Crippen LogP contribution in [0, 0.1) is 23.2 Å². The number of piperidine rings is 1. The Morgan fingerprint density at radius 2 is 1.80 bits per heavy atom. The molecular weight excluding hydrogens is 398 g/mol. The number of carbonyl (C=O) groups is 1. The van der Waals surface area contributed by atoms with Crippen LogP contribution in [0.1, 0.15) is 48.2 Å². The van der Waals surface area contributed by atoms with Crippen LogP contribution in [0.25, 0.3) is 0 Å². The molecule has 1 aliphatic rings. The molecule has 158 valence electrons. The van der Waals surface area contributed by atoms with Gasteiger partial charge in [-0.1, -0.05) is 38.1 Å². The average Bonchev–Trinajstić information content (AvgIpc) is 2.72. The number of carbonyl (C=O) groups excluding carboxylic acids is 1. The number of hydrogen-bond acceptors (Lipinski definition) is 5. The van der Waals surface area contributed by atoms with Gasteiger partial charge in [0, 0.05) is 24.6 Å². The fourth-order valence-corrected chi connectivity index (χ4v) is 4.49. The van der Waals surface area contributed by atoms with Gasteiger partial charge in [0.05, 0.1) is 16.1 Å². The highest BCUT2D eigenvalue weighted by Crippen LogP contribution is 2.29. The Labute approximate surface area is 178 Å². The second kappa shape index (κ2) is 8.99. The van der Waals surface area contributed by atoms with Crippen LogP contribution < -0.4 is 10.0 Å². The number of nitriles is 1. The summed E-state index contributed by atoms with van der Waals surface area (Å²) in [6, 6.07) is 14.3. The number of ketones is 1. The second-order valence-corrected chi connectivity index (χ2v) is 9.82. The average molecular weight is 426 g/mol. The molecule has 1 aliphatic heterocycles. The van der Waals surface area contributed by atoms with E-state index in [1.807, 2.05) is 29.2 Å². The van der Waals surface area contributed by atoms with Crippen LogP contribution in [0.2, 0.25) is 0 Å². The van der Waals surface area contributed by atoms with E-state index in [0.717, 1.165) is 12.0 Å². The monoisotopic (exact) mass is 425 g/mol. The summed E-state index contributed by atoms with van der Waals surface area (Å²) < 4.78 is 23.1. The third-order valence-electron chi connectivity index (χ3n) is 5.51. The van der Waals surface area contributed by atoms with Crippen LogP contribution in [-0.4, -0.2) is 27.3 Å². The number of benzene rings is 2. The summed E-state index contributed by atoms with van der Waals surface area (Å²) in [6.07, 6.45) is 2.38. The zero-order valence-electron chi connectivity index (χ0n) is 17.3. The standard InChI is InChI=1S/C23H27N3O3S/c1-16(2)13-17-3-5-18(6-4-17)23(27)19-9-11-26(12-10-19)22-8-7-21(30(25,28)29)14-20(22)15-24/h3-8,14,16,19H,9-13H2,1-2H3,(H2,25,28,29). The highest BCUT2D eigenvalue weighted by Gasteiger charge is 2.27. The zero-order valence-corrected chi connectivity index (χ0v) is 18.2. The first-order chi connectivity index (χ1) is 14.2. The van der Waals surface area contributed by atoms with Crippen molar-refractivity contribution in [2.24, 2.45) is 17.0 Å². The molecule has 0 bridgehead atoms. The highest BCUT2D eigenvalue weighted by molar-refractivity contribution is 7.89. The smallest absolute Gasteiger partial charge is 0.238 e. The number of anilines is 1. The maximum absolute atomic E-state index is 12.9. The van der Waals surface area contributed by atoms with Crippen molar-refractivity contribution in [3.05, 3.63) is 59.2 Å². The van der Waals surface area contributed by atoms with E-state index >= 15 is 0 Å². The fourth-order valence-electron chi connectivity index (χ4n) is 3.95. The van der Waals surface area contributed by atoms with Gasteiger partial charge < -0.3 is 4.90 Å². The van der Waals surface area contributed by atoms with Gasteiger partial charge >= 0.3 is 0 Å². The van der Waals surface area contributed by atoms with Gasteiger partial charge in [0.2, 0.25) is 10.0 Å². The van der Waals surface area contributed by atoms with Gasteiger partial charge in [0.25, 0.3) is 0 Å². The molecule has 2 aromatic carbocycles. The molecule has 1 saturated heterocycles. The minimum Gasteiger partial charge on any atom is -0.370 e. The molecule has 6 nitrogen and oxygen atoms in total. The first-order valence-corrected chi connectivity index (χ1v) is 11.7. The number of nitrogens with zero attached hydrogens (tertiary/aromatic N) is 2. The van der Waals surface area contributed by atoms with E-state index in [0.29, 0.717) is 37.5 Å². The zero-order chi connectivity index (χ0) is 21.9. The Bertz CT molecular complexity index is 1060. The number of sulfonamides is 1. The summed E-state index contributed by atoms with van der Waals surface area (Å²) in [7, 11) is -3.86. The summed E-state index contributed by atoms with van der Waals surface area (Å²) in [6.45, 7) is 5.61. The number of hydrogen-bond donors (Lipinski definition) is 1. The van der Waals surface area contributed by atoms with Crippen molar-refractivity contribution in [3.8, 4) is 6.07 Å². The van der Waals surface area contributed by atoms with Gasteiger partial charge in [-0.15, -0.1) is 0 Å². The van der Waals surface area contributed by atoms with Gasteiger partial charge in [0.1, 0.15) is 6.07 Å². The maximum Gasteiger partial charge on any atom is 0.238 e. The largest absolute Gasteiger partial charge is 0.370 e. The van der Waals surface area contributed by atoms with E-state index < -0.39 is 10.0 Å². The van der Waals surface area contributed by atoms with Crippen LogP contribution in [-0.2, 0) is 16.4 Å². The van der Waals surface area contributed by atoms with Crippen molar-refractivity contribution in [1.82, 2.24) is 0 Å². The topological polar surface area (TPSA) is 104 Å². The summed E-state index contributed by atoms with van der Waals surface area (Å²) >= 11 is 0. The van der Waals surface area contributed by atoms with Gasteiger partial charge in [-0.25, -0.2) is 13.6 Å². The van der Waals surface area contributed by atoms with Crippen LogP contribution in [0.15, 0.2) is 47.4 Å². The number of primary sulfonamides is 1. The van der Waals surface area contributed by atoms with Crippen molar-refractivity contribution in [2.45, 2.75) is 38.0 Å². The molecule has 2 N–H and O–H groups in total. The number of nitrogens with two attached hydrogens (primary N) is 1. The lowest BCUT2D eigenvalue weighted by atomic mass is 9.88. The second-order valence-electron chi connectivity index (χ2n) is 8.26. The molecule has 0 unspecified atom stereocenters. The van der Waals surface area contributed by atoms with Crippen molar-refractivity contribution in [2.75, 3.05) is 18.0 Å². The predicted molar refractivity (Wildman–Crippen MR) is 117 cm³/mol. The summed E-state index contributed by atoms with van der Waals surface area (Å²) in [5.41, 5.74) is 2.93. The Morgan fingerprint density at radius 1 is 1.17 bits per heavy atom. The van der Waals surface area contributed by atoms with Crippen LogP contribution in [0.3, 0.4) is 0 Å². The normalized spacial score (nSPS) is 15.2. The Balaban J connectivity index is 1.67. The molecule has 7 heteroatoms. The SMILES string of the molecule is CC(C)Cc1ccc(C(=O)C2CCN(c3ccc(S(N)(=O)=O)cc3C#N)CC2)cc1. The van der Waals surface area contributed by atoms with Gasteiger partial charge in [-0.05, 0) is 48.9 Å². The summed E-state index contributed by atoms with van der Waals surface area (Å²) in [5.74, 6) is 0.690. The van der Waals surface area contributed by atoms with Gasteiger partial charge in [0.15, 0.2) is 5.78 Å². The van der Waals surface area contributed by atoms with E-state index in [1.165, 1.54) is 17.7 Å². The van der Waals surface area contributed by atoms with Crippen LogP contribution in [0.5, 0.6) is 0 Å². The Hall–Kier alpha value is -2.69. The predicted octanol–water partition coefficient (Wildman–Crippen LogP) is 3.50. The van der Waals surface area contributed by atoms with Crippen molar-refractivity contribution < 1.29 is 13.2 Å².